The van der Waals surface area contributed by atoms with Crippen LogP contribution in [0, 0.1) is 0 Å². The summed E-state index contributed by atoms with van der Waals surface area (Å²) in [4.78, 5) is 36.6. The van der Waals surface area contributed by atoms with Gasteiger partial charge in [-0.3, -0.25) is 14.4 Å². The minimum absolute atomic E-state index is 0.173. The van der Waals surface area contributed by atoms with E-state index in [4.69, 9.17) is 18.9 Å². The van der Waals surface area contributed by atoms with E-state index in [9.17, 15) is 14.4 Å². The van der Waals surface area contributed by atoms with E-state index in [1.54, 1.807) is 42.5 Å². The van der Waals surface area contributed by atoms with Crippen LogP contribution in [-0.2, 0) is 25.7 Å². The van der Waals surface area contributed by atoms with Gasteiger partial charge in [0.15, 0.2) is 23.7 Å². The molecule has 2 aliphatic rings. The van der Waals surface area contributed by atoms with Gasteiger partial charge in [-0.05, 0) is 36.8 Å². The van der Waals surface area contributed by atoms with Crippen molar-refractivity contribution in [3.63, 3.8) is 0 Å². The third-order valence-corrected chi connectivity index (χ3v) is 4.64. The number of fused-ring (bicyclic) bond motifs is 2. The lowest BCUT2D eigenvalue weighted by atomic mass is 10.1. The van der Waals surface area contributed by atoms with E-state index in [1.807, 2.05) is 0 Å². The molecule has 156 valence electrons. The first-order valence-corrected chi connectivity index (χ1v) is 9.42. The highest BCUT2D eigenvalue weighted by atomic mass is 16.7. The van der Waals surface area contributed by atoms with Gasteiger partial charge >= 0.3 is 5.97 Å². The highest BCUT2D eigenvalue weighted by Gasteiger charge is 2.31. The summed E-state index contributed by atoms with van der Waals surface area (Å²) < 4.78 is 21.3. The van der Waals surface area contributed by atoms with Crippen molar-refractivity contribution >= 4 is 23.5 Å². The molecule has 2 heterocycles. The van der Waals surface area contributed by atoms with E-state index < -0.39 is 30.0 Å². The molecule has 2 aromatic rings. The van der Waals surface area contributed by atoms with Crippen LogP contribution in [0.5, 0.6) is 17.2 Å². The molecule has 2 aromatic carbocycles. The van der Waals surface area contributed by atoms with E-state index in [-0.39, 0.29) is 19.8 Å². The molecule has 2 N–H and O–H groups in total. The lowest BCUT2D eigenvalue weighted by molar-refractivity contribution is -0.157. The largest absolute Gasteiger partial charge is 0.478 e. The molecule has 9 heteroatoms. The fraction of sp³-hybridized carbons (Fsp3) is 0.286. The second-order valence-electron chi connectivity index (χ2n) is 6.83. The summed E-state index contributed by atoms with van der Waals surface area (Å²) in [6.07, 6.45) is -2.35. The van der Waals surface area contributed by atoms with Crippen molar-refractivity contribution in [1.29, 1.82) is 0 Å². The summed E-state index contributed by atoms with van der Waals surface area (Å²) in [5.41, 5.74) is 1.36. The fourth-order valence-corrected chi connectivity index (χ4v) is 3.06. The Kier molecular flexibility index (Phi) is 5.42. The number of carbonyl (C=O) groups excluding carboxylic acids is 3. The zero-order valence-corrected chi connectivity index (χ0v) is 16.2. The molecule has 4 rings (SSSR count). The van der Waals surface area contributed by atoms with Gasteiger partial charge in [0, 0.05) is 6.54 Å². The molecule has 9 nitrogen and oxygen atoms in total. The quantitative estimate of drug-likeness (QED) is 0.695. The maximum atomic E-state index is 12.3. The number of benzene rings is 2. The highest BCUT2D eigenvalue weighted by molar-refractivity contribution is 5.99. The van der Waals surface area contributed by atoms with Crippen molar-refractivity contribution in [3.05, 3.63) is 48.0 Å². The SMILES string of the molecule is CC(OC(=O)CC1Oc2ccccc2NC1=O)C(=O)NCc1ccc2c(c1)OCO2. The van der Waals surface area contributed by atoms with Crippen molar-refractivity contribution in [2.24, 2.45) is 0 Å². The number of esters is 1. The summed E-state index contributed by atoms with van der Waals surface area (Å²) in [7, 11) is 0. The van der Waals surface area contributed by atoms with Crippen molar-refractivity contribution in [3.8, 4) is 17.2 Å². The molecule has 0 radical (unpaired) electrons. The van der Waals surface area contributed by atoms with Gasteiger partial charge in [0.25, 0.3) is 11.8 Å². The Balaban J connectivity index is 1.26. The van der Waals surface area contributed by atoms with Gasteiger partial charge in [0.05, 0.1) is 12.1 Å². The number of carbonyl (C=O) groups is 3. The summed E-state index contributed by atoms with van der Waals surface area (Å²) in [6, 6.07) is 12.3. The van der Waals surface area contributed by atoms with E-state index in [1.165, 1.54) is 6.92 Å². The lowest BCUT2D eigenvalue weighted by Gasteiger charge is -2.25. The Hall–Kier alpha value is -3.75. The molecule has 0 spiro atoms. The van der Waals surface area contributed by atoms with E-state index in [2.05, 4.69) is 10.6 Å². The van der Waals surface area contributed by atoms with Gasteiger partial charge in [0.1, 0.15) is 5.75 Å². The number of ether oxygens (including phenoxy) is 4. The number of hydrogen-bond acceptors (Lipinski definition) is 7. The van der Waals surface area contributed by atoms with Gasteiger partial charge in [-0.25, -0.2) is 0 Å². The second kappa shape index (κ2) is 8.32. The van der Waals surface area contributed by atoms with Gasteiger partial charge in [-0.2, -0.15) is 0 Å². The zero-order valence-electron chi connectivity index (χ0n) is 16.2. The number of hydrogen-bond donors (Lipinski definition) is 2. The lowest BCUT2D eigenvalue weighted by Crippen LogP contribution is -2.40. The number of para-hydroxylation sites is 2. The Morgan fingerprint density at radius 1 is 1.17 bits per heavy atom. The molecular weight excluding hydrogens is 392 g/mol. The third kappa shape index (κ3) is 4.29. The molecule has 2 aliphatic heterocycles. The molecule has 2 amide bonds. The molecule has 0 fully saturated rings. The first-order chi connectivity index (χ1) is 14.5. The molecule has 0 aromatic heterocycles. The van der Waals surface area contributed by atoms with Crippen LogP contribution in [0.4, 0.5) is 5.69 Å². The molecule has 0 saturated heterocycles. The van der Waals surface area contributed by atoms with Gasteiger partial charge in [0.2, 0.25) is 6.79 Å². The van der Waals surface area contributed by atoms with Crippen LogP contribution in [0.2, 0.25) is 0 Å². The summed E-state index contributed by atoms with van der Waals surface area (Å²) in [5, 5.41) is 5.38. The molecular formula is C21H20N2O7. The molecule has 0 bridgehead atoms. The van der Waals surface area contributed by atoms with Crippen LogP contribution >= 0.6 is 0 Å². The maximum Gasteiger partial charge on any atom is 0.310 e. The standard InChI is InChI=1S/C21H20N2O7/c1-12(20(25)22-10-13-6-7-16-17(8-13)28-11-27-16)29-19(24)9-18-21(26)23-14-4-2-3-5-15(14)30-18/h2-8,12,18H,9-11H2,1H3,(H,22,25)(H,23,26). The van der Waals surface area contributed by atoms with Gasteiger partial charge < -0.3 is 29.6 Å². The smallest absolute Gasteiger partial charge is 0.310 e. The number of amides is 2. The van der Waals surface area contributed by atoms with Crippen LogP contribution in [0.1, 0.15) is 18.9 Å². The third-order valence-electron chi connectivity index (χ3n) is 4.64. The Morgan fingerprint density at radius 2 is 1.97 bits per heavy atom. The zero-order chi connectivity index (χ0) is 21.1. The van der Waals surface area contributed by atoms with E-state index in [0.29, 0.717) is 22.9 Å². The number of anilines is 1. The van der Waals surface area contributed by atoms with Crippen molar-refractivity contribution in [2.75, 3.05) is 12.1 Å². The van der Waals surface area contributed by atoms with Crippen molar-refractivity contribution in [1.82, 2.24) is 5.32 Å². The Morgan fingerprint density at radius 3 is 2.83 bits per heavy atom. The van der Waals surface area contributed by atoms with Crippen LogP contribution in [-0.4, -0.2) is 36.8 Å². The topological polar surface area (TPSA) is 112 Å². The molecule has 30 heavy (non-hydrogen) atoms. The monoisotopic (exact) mass is 412 g/mol. The van der Waals surface area contributed by atoms with Crippen molar-refractivity contribution < 1.29 is 33.3 Å². The predicted octanol–water partition coefficient (Wildman–Crippen LogP) is 1.75. The Bertz CT molecular complexity index is 991. The first kappa shape index (κ1) is 19.6. The summed E-state index contributed by atoms with van der Waals surface area (Å²) in [5.74, 6) is 0.146. The second-order valence-corrected chi connectivity index (χ2v) is 6.83. The predicted molar refractivity (Wildman–Crippen MR) is 104 cm³/mol. The molecule has 2 atom stereocenters. The average Bonchev–Trinajstić information content (AvgIpc) is 3.20. The summed E-state index contributed by atoms with van der Waals surface area (Å²) >= 11 is 0. The molecule has 2 unspecified atom stereocenters. The average molecular weight is 412 g/mol. The normalized spacial score (nSPS) is 17.2. The van der Waals surface area contributed by atoms with Crippen molar-refractivity contribution in [2.45, 2.75) is 32.1 Å². The highest BCUT2D eigenvalue weighted by Crippen LogP contribution is 2.32. The van der Waals surface area contributed by atoms with Crippen LogP contribution in [0.15, 0.2) is 42.5 Å². The first-order valence-electron chi connectivity index (χ1n) is 9.42. The number of nitrogens with one attached hydrogen (secondary N) is 2. The van der Waals surface area contributed by atoms with Crippen LogP contribution in [0.25, 0.3) is 0 Å². The minimum Gasteiger partial charge on any atom is -0.478 e. The van der Waals surface area contributed by atoms with E-state index in [0.717, 1.165) is 5.56 Å². The molecule has 0 saturated carbocycles. The molecule has 0 aliphatic carbocycles. The fourth-order valence-electron chi connectivity index (χ4n) is 3.06. The number of rotatable bonds is 6. The van der Waals surface area contributed by atoms with Crippen LogP contribution < -0.4 is 24.8 Å². The Labute approximate surface area is 172 Å². The van der Waals surface area contributed by atoms with E-state index >= 15 is 0 Å². The maximum absolute atomic E-state index is 12.3. The van der Waals surface area contributed by atoms with Crippen LogP contribution in [0.3, 0.4) is 0 Å². The van der Waals surface area contributed by atoms with Gasteiger partial charge in [-0.1, -0.05) is 18.2 Å². The van der Waals surface area contributed by atoms with Gasteiger partial charge in [-0.15, -0.1) is 0 Å². The summed E-state index contributed by atoms with van der Waals surface area (Å²) in [6.45, 7) is 1.87. The minimum atomic E-state index is -1.02.